The van der Waals surface area contributed by atoms with Gasteiger partial charge in [0.25, 0.3) is 0 Å². The van der Waals surface area contributed by atoms with E-state index < -0.39 is 5.97 Å². The molecule has 1 heterocycles. The lowest BCUT2D eigenvalue weighted by molar-refractivity contribution is 0.0690. The molecular formula is C13H17NO2S. The van der Waals surface area contributed by atoms with Crippen LogP contribution in [0.15, 0.2) is 23.2 Å². The van der Waals surface area contributed by atoms with Crippen molar-refractivity contribution in [2.45, 2.75) is 48.7 Å². The van der Waals surface area contributed by atoms with Gasteiger partial charge in [0.05, 0.1) is 0 Å². The first kappa shape index (κ1) is 12.4. The lowest BCUT2D eigenvalue weighted by Gasteiger charge is -2.13. The van der Waals surface area contributed by atoms with Gasteiger partial charge >= 0.3 is 5.97 Å². The van der Waals surface area contributed by atoms with E-state index in [0.717, 1.165) is 4.90 Å². The Morgan fingerprint density at radius 1 is 1.29 bits per heavy atom. The van der Waals surface area contributed by atoms with Crippen LogP contribution in [0.3, 0.4) is 0 Å². The fraction of sp³-hybridized carbons (Fsp3) is 0.538. The number of rotatable bonds is 3. The van der Waals surface area contributed by atoms with Crippen LogP contribution in [-0.2, 0) is 0 Å². The van der Waals surface area contributed by atoms with Gasteiger partial charge in [0, 0.05) is 16.3 Å². The molecule has 0 spiro atoms. The van der Waals surface area contributed by atoms with Gasteiger partial charge in [0.15, 0.2) is 0 Å². The van der Waals surface area contributed by atoms with E-state index >= 15 is 0 Å². The Morgan fingerprint density at radius 3 is 2.65 bits per heavy atom. The van der Waals surface area contributed by atoms with Gasteiger partial charge in [-0.15, -0.1) is 11.8 Å². The Morgan fingerprint density at radius 2 is 2.00 bits per heavy atom. The average molecular weight is 251 g/mol. The number of pyridine rings is 1. The number of thioether (sulfide) groups is 1. The minimum absolute atomic E-state index is 0.142. The van der Waals surface area contributed by atoms with Gasteiger partial charge in [0.1, 0.15) is 5.69 Å². The number of aromatic carboxylic acids is 1. The highest BCUT2D eigenvalue weighted by atomic mass is 32.2. The number of nitrogens with zero attached hydrogens (tertiary/aromatic N) is 1. The average Bonchev–Trinajstić information content (AvgIpc) is 2.58. The first-order chi connectivity index (χ1) is 8.25. The van der Waals surface area contributed by atoms with Crippen LogP contribution in [0.1, 0.15) is 49.0 Å². The number of carboxylic acid groups (broad SMARTS) is 1. The van der Waals surface area contributed by atoms with Crippen LogP contribution < -0.4 is 0 Å². The summed E-state index contributed by atoms with van der Waals surface area (Å²) in [5, 5.41) is 9.53. The van der Waals surface area contributed by atoms with E-state index in [4.69, 9.17) is 5.11 Å². The first-order valence-electron chi connectivity index (χ1n) is 6.12. The van der Waals surface area contributed by atoms with Crippen molar-refractivity contribution in [1.29, 1.82) is 0 Å². The molecule has 0 atom stereocenters. The summed E-state index contributed by atoms with van der Waals surface area (Å²) in [7, 11) is 0. The molecule has 2 rings (SSSR count). The molecule has 0 saturated heterocycles. The molecule has 0 aliphatic heterocycles. The predicted molar refractivity (Wildman–Crippen MR) is 68.5 cm³/mol. The minimum Gasteiger partial charge on any atom is -0.477 e. The maximum absolute atomic E-state index is 10.8. The van der Waals surface area contributed by atoms with E-state index in [9.17, 15) is 4.79 Å². The third kappa shape index (κ3) is 3.73. The molecule has 0 unspecified atom stereocenters. The summed E-state index contributed by atoms with van der Waals surface area (Å²) in [6.45, 7) is 0. The quantitative estimate of drug-likeness (QED) is 0.834. The standard InChI is InChI=1S/C13H17NO2S/c15-13(16)12-9-11(7-8-14-12)17-10-5-3-1-2-4-6-10/h7-10H,1-6H2,(H,15,16). The molecule has 1 saturated carbocycles. The van der Waals surface area contributed by atoms with Crippen molar-refractivity contribution in [1.82, 2.24) is 4.98 Å². The molecule has 0 bridgehead atoms. The Hall–Kier alpha value is -1.03. The van der Waals surface area contributed by atoms with Gasteiger partial charge in [-0.3, -0.25) is 0 Å². The van der Waals surface area contributed by atoms with Crippen molar-refractivity contribution in [2.24, 2.45) is 0 Å². The fourth-order valence-electron chi connectivity index (χ4n) is 2.15. The smallest absolute Gasteiger partial charge is 0.354 e. The number of carboxylic acids is 1. The van der Waals surface area contributed by atoms with Crippen molar-refractivity contribution >= 4 is 17.7 Å². The first-order valence-corrected chi connectivity index (χ1v) is 6.99. The highest BCUT2D eigenvalue weighted by Gasteiger charge is 2.14. The molecule has 92 valence electrons. The lowest BCUT2D eigenvalue weighted by atomic mass is 10.2. The highest BCUT2D eigenvalue weighted by molar-refractivity contribution is 8.00. The van der Waals surface area contributed by atoms with Gasteiger partial charge in [-0.1, -0.05) is 25.7 Å². The van der Waals surface area contributed by atoms with Crippen molar-refractivity contribution in [2.75, 3.05) is 0 Å². The SMILES string of the molecule is O=C(O)c1cc(SC2CCCCCC2)ccn1. The molecule has 0 aromatic carbocycles. The maximum Gasteiger partial charge on any atom is 0.354 e. The van der Waals surface area contributed by atoms with Crippen molar-refractivity contribution < 1.29 is 9.90 Å². The molecule has 4 heteroatoms. The summed E-state index contributed by atoms with van der Waals surface area (Å²) in [5.41, 5.74) is 0.142. The molecule has 1 N–H and O–H groups in total. The summed E-state index contributed by atoms with van der Waals surface area (Å²) in [4.78, 5) is 15.7. The molecule has 0 radical (unpaired) electrons. The molecule has 1 fully saturated rings. The summed E-state index contributed by atoms with van der Waals surface area (Å²) >= 11 is 1.81. The summed E-state index contributed by atoms with van der Waals surface area (Å²) in [5.74, 6) is -0.951. The van der Waals surface area contributed by atoms with E-state index in [1.54, 1.807) is 24.0 Å². The number of hydrogen-bond donors (Lipinski definition) is 1. The normalized spacial score (nSPS) is 17.6. The minimum atomic E-state index is -0.951. The van der Waals surface area contributed by atoms with E-state index in [-0.39, 0.29) is 5.69 Å². The van der Waals surface area contributed by atoms with Crippen LogP contribution >= 0.6 is 11.8 Å². The third-order valence-corrected chi connectivity index (χ3v) is 4.39. The molecule has 17 heavy (non-hydrogen) atoms. The van der Waals surface area contributed by atoms with Crippen LogP contribution in [0.5, 0.6) is 0 Å². The Kier molecular flexibility index (Phi) is 4.42. The topological polar surface area (TPSA) is 50.2 Å². The largest absolute Gasteiger partial charge is 0.477 e. The molecule has 1 aliphatic rings. The van der Waals surface area contributed by atoms with E-state index in [1.807, 2.05) is 6.07 Å². The zero-order valence-electron chi connectivity index (χ0n) is 9.76. The predicted octanol–water partition coefficient (Wildman–Crippen LogP) is 3.59. The molecule has 1 aliphatic carbocycles. The number of aromatic nitrogens is 1. The zero-order valence-corrected chi connectivity index (χ0v) is 10.6. The summed E-state index contributed by atoms with van der Waals surface area (Å²) < 4.78 is 0. The van der Waals surface area contributed by atoms with Gasteiger partial charge in [-0.25, -0.2) is 9.78 Å². The molecule has 1 aromatic heterocycles. The van der Waals surface area contributed by atoms with Crippen LogP contribution in [-0.4, -0.2) is 21.3 Å². The Bertz CT molecular complexity index is 387. The summed E-state index contributed by atoms with van der Waals surface area (Å²) in [6, 6.07) is 3.58. The highest BCUT2D eigenvalue weighted by Crippen LogP contribution is 2.32. The van der Waals surface area contributed by atoms with Gasteiger partial charge < -0.3 is 5.11 Å². The van der Waals surface area contributed by atoms with Crippen LogP contribution in [0.25, 0.3) is 0 Å². The molecular weight excluding hydrogens is 234 g/mol. The third-order valence-electron chi connectivity index (χ3n) is 3.06. The summed E-state index contributed by atoms with van der Waals surface area (Å²) in [6.07, 6.45) is 9.36. The van der Waals surface area contributed by atoms with Crippen LogP contribution in [0.4, 0.5) is 0 Å². The number of hydrogen-bond acceptors (Lipinski definition) is 3. The number of carbonyl (C=O) groups is 1. The fourth-order valence-corrected chi connectivity index (χ4v) is 3.43. The zero-order chi connectivity index (χ0) is 12.1. The van der Waals surface area contributed by atoms with Crippen LogP contribution in [0, 0.1) is 0 Å². The van der Waals surface area contributed by atoms with E-state index in [1.165, 1.54) is 38.5 Å². The van der Waals surface area contributed by atoms with E-state index in [2.05, 4.69) is 4.98 Å². The Balaban J connectivity index is 2.01. The van der Waals surface area contributed by atoms with Gasteiger partial charge in [-0.2, -0.15) is 0 Å². The second-order valence-electron chi connectivity index (χ2n) is 4.41. The lowest BCUT2D eigenvalue weighted by Crippen LogP contribution is -2.02. The van der Waals surface area contributed by atoms with Crippen molar-refractivity contribution in [3.8, 4) is 0 Å². The van der Waals surface area contributed by atoms with E-state index in [0.29, 0.717) is 5.25 Å². The monoisotopic (exact) mass is 251 g/mol. The van der Waals surface area contributed by atoms with Crippen molar-refractivity contribution in [3.63, 3.8) is 0 Å². The molecule has 3 nitrogen and oxygen atoms in total. The van der Waals surface area contributed by atoms with Gasteiger partial charge in [-0.05, 0) is 25.0 Å². The molecule has 0 amide bonds. The Labute approximate surface area is 106 Å². The second-order valence-corrected chi connectivity index (χ2v) is 5.79. The van der Waals surface area contributed by atoms with Crippen LogP contribution in [0.2, 0.25) is 0 Å². The molecule has 1 aromatic rings. The van der Waals surface area contributed by atoms with Crippen molar-refractivity contribution in [3.05, 3.63) is 24.0 Å². The second kappa shape index (κ2) is 6.05. The maximum atomic E-state index is 10.8. The van der Waals surface area contributed by atoms with Gasteiger partial charge in [0.2, 0.25) is 0 Å².